The van der Waals surface area contributed by atoms with Crippen LogP contribution in [-0.4, -0.2) is 54.5 Å². The fraction of sp³-hybridized carbons (Fsp3) is 0.375. The zero-order valence-corrected chi connectivity index (χ0v) is 14.1. The van der Waals surface area contributed by atoms with Crippen LogP contribution >= 0.6 is 0 Å². The Morgan fingerprint density at radius 2 is 1.88 bits per heavy atom. The van der Waals surface area contributed by atoms with Gasteiger partial charge in [0, 0.05) is 6.54 Å². The summed E-state index contributed by atoms with van der Waals surface area (Å²) < 4.78 is 5.01. The lowest BCUT2D eigenvalue weighted by molar-refractivity contribution is -0.140. The number of nitrogens with zero attached hydrogens (tertiary/aromatic N) is 1. The van der Waals surface area contributed by atoms with E-state index in [4.69, 9.17) is 10.5 Å². The normalized spacial score (nSPS) is 16.0. The Balaban J connectivity index is 1.76. The minimum Gasteiger partial charge on any atom is -0.445 e. The van der Waals surface area contributed by atoms with Crippen molar-refractivity contribution in [1.82, 2.24) is 21.1 Å². The van der Waals surface area contributed by atoms with E-state index < -0.39 is 29.9 Å². The molecule has 0 saturated carbocycles. The van der Waals surface area contributed by atoms with Crippen molar-refractivity contribution < 1.29 is 23.9 Å². The molecule has 1 atom stereocenters. The number of nitrogens with one attached hydrogen (secondary N) is 3. The second kappa shape index (κ2) is 9.37. The Morgan fingerprint density at radius 1 is 1.15 bits per heavy atom. The van der Waals surface area contributed by atoms with E-state index in [1.807, 2.05) is 30.3 Å². The predicted molar refractivity (Wildman–Crippen MR) is 90.1 cm³/mol. The van der Waals surface area contributed by atoms with Gasteiger partial charge in [0.2, 0.25) is 11.8 Å². The van der Waals surface area contributed by atoms with Crippen LogP contribution in [0.25, 0.3) is 0 Å². The Bertz CT molecular complexity index is 666. The number of ether oxygens (including phenoxy) is 1. The highest BCUT2D eigenvalue weighted by Gasteiger charge is 2.34. The number of primary amides is 1. The van der Waals surface area contributed by atoms with Gasteiger partial charge in [-0.3, -0.25) is 19.4 Å². The van der Waals surface area contributed by atoms with Gasteiger partial charge in [0.1, 0.15) is 19.2 Å². The van der Waals surface area contributed by atoms with Crippen molar-refractivity contribution in [2.75, 3.05) is 19.6 Å². The largest absolute Gasteiger partial charge is 0.445 e. The molecule has 0 radical (unpaired) electrons. The van der Waals surface area contributed by atoms with Gasteiger partial charge in [-0.25, -0.2) is 10.2 Å². The molecular formula is C16H21N5O5. The molecule has 0 spiro atoms. The summed E-state index contributed by atoms with van der Waals surface area (Å²) in [5.41, 5.74) is 8.57. The van der Waals surface area contributed by atoms with Crippen LogP contribution in [0.3, 0.4) is 0 Å². The van der Waals surface area contributed by atoms with Crippen LogP contribution in [0, 0.1) is 0 Å². The number of rotatable bonds is 7. The first-order valence-electron chi connectivity index (χ1n) is 8.03. The maximum Gasteiger partial charge on any atom is 0.407 e. The summed E-state index contributed by atoms with van der Waals surface area (Å²) in [5.74, 6) is -1.67. The Hall–Kier alpha value is -3.14. The smallest absolute Gasteiger partial charge is 0.407 e. The third kappa shape index (κ3) is 5.74. The fourth-order valence-corrected chi connectivity index (χ4v) is 2.37. The van der Waals surface area contributed by atoms with Gasteiger partial charge in [-0.05, 0) is 12.0 Å². The van der Waals surface area contributed by atoms with E-state index in [9.17, 15) is 19.2 Å². The van der Waals surface area contributed by atoms with E-state index in [0.717, 1.165) is 10.6 Å². The van der Waals surface area contributed by atoms with Gasteiger partial charge in [0.15, 0.2) is 0 Å². The van der Waals surface area contributed by atoms with Gasteiger partial charge in [0.05, 0.1) is 6.54 Å². The van der Waals surface area contributed by atoms with E-state index >= 15 is 0 Å². The molecule has 10 nitrogen and oxygen atoms in total. The summed E-state index contributed by atoms with van der Waals surface area (Å²) >= 11 is 0. The zero-order valence-electron chi connectivity index (χ0n) is 14.1. The van der Waals surface area contributed by atoms with Crippen LogP contribution in [0.1, 0.15) is 12.0 Å². The minimum atomic E-state index is -0.774. The standard InChI is InChI=1S/C16H21N5O5/c17-13(22)8-18-15(24)12-6-7-20-21(12)14(23)9-19-16(25)26-10-11-4-2-1-3-5-11/h1-5,12,20H,6-10H2,(H2,17,22)(H,18,24)(H,19,25). The van der Waals surface area contributed by atoms with Crippen molar-refractivity contribution in [3.8, 4) is 0 Å². The SMILES string of the molecule is NC(=O)CNC(=O)C1CCNN1C(=O)CNC(=O)OCc1ccccc1. The molecule has 1 unspecified atom stereocenters. The first-order chi connectivity index (χ1) is 12.5. The fourth-order valence-electron chi connectivity index (χ4n) is 2.37. The molecule has 1 aromatic rings. The molecule has 1 aliphatic rings. The first kappa shape index (κ1) is 19.2. The molecule has 1 aromatic carbocycles. The Labute approximate surface area is 150 Å². The van der Waals surface area contributed by atoms with Crippen LogP contribution in [0.15, 0.2) is 30.3 Å². The molecule has 1 saturated heterocycles. The molecule has 1 heterocycles. The molecule has 26 heavy (non-hydrogen) atoms. The quantitative estimate of drug-likeness (QED) is 0.470. The number of hydrogen-bond acceptors (Lipinski definition) is 6. The van der Waals surface area contributed by atoms with E-state index in [-0.39, 0.29) is 19.7 Å². The van der Waals surface area contributed by atoms with E-state index in [2.05, 4.69) is 16.1 Å². The van der Waals surface area contributed by atoms with Gasteiger partial charge >= 0.3 is 6.09 Å². The minimum absolute atomic E-state index is 0.0843. The first-order valence-corrected chi connectivity index (χ1v) is 8.03. The molecule has 0 aliphatic carbocycles. The molecule has 0 aromatic heterocycles. The van der Waals surface area contributed by atoms with Crippen LogP contribution < -0.4 is 21.8 Å². The van der Waals surface area contributed by atoms with Gasteiger partial charge in [-0.1, -0.05) is 30.3 Å². The van der Waals surface area contributed by atoms with Gasteiger partial charge in [0.25, 0.3) is 5.91 Å². The van der Waals surface area contributed by atoms with Crippen LogP contribution in [0.5, 0.6) is 0 Å². The summed E-state index contributed by atoms with van der Waals surface area (Å²) in [6.45, 7) is -0.137. The van der Waals surface area contributed by atoms with Crippen LogP contribution in [-0.2, 0) is 25.7 Å². The van der Waals surface area contributed by atoms with Crippen molar-refractivity contribution >= 4 is 23.8 Å². The summed E-state index contributed by atoms with van der Waals surface area (Å²) in [7, 11) is 0. The number of hydrogen-bond donors (Lipinski definition) is 4. The summed E-state index contributed by atoms with van der Waals surface area (Å²) in [4.78, 5) is 46.6. The van der Waals surface area contributed by atoms with Crippen LogP contribution in [0.4, 0.5) is 4.79 Å². The molecule has 4 amide bonds. The van der Waals surface area contributed by atoms with Gasteiger partial charge < -0.3 is 21.1 Å². The molecule has 1 fully saturated rings. The lowest BCUT2D eigenvalue weighted by atomic mass is 10.2. The predicted octanol–water partition coefficient (Wildman–Crippen LogP) is -1.38. The number of carbonyl (C=O) groups is 4. The number of hydrazine groups is 1. The van der Waals surface area contributed by atoms with Crippen LogP contribution in [0.2, 0.25) is 0 Å². The highest BCUT2D eigenvalue weighted by atomic mass is 16.5. The van der Waals surface area contributed by atoms with Crippen molar-refractivity contribution in [2.24, 2.45) is 5.73 Å². The third-order valence-corrected chi connectivity index (χ3v) is 3.62. The van der Waals surface area contributed by atoms with Gasteiger partial charge in [-0.2, -0.15) is 0 Å². The lowest BCUT2D eigenvalue weighted by Crippen LogP contribution is -2.53. The molecule has 10 heteroatoms. The van der Waals surface area contributed by atoms with Gasteiger partial charge in [-0.15, -0.1) is 0 Å². The molecule has 140 valence electrons. The Morgan fingerprint density at radius 3 is 2.58 bits per heavy atom. The number of nitrogens with two attached hydrogens (primary N) is 1. The molecule has 2 rings (SSSR count). The maximum atomic E-state index is 12.2. The van der Waals surface area contributed by atoms with E-state index in [1.54, 1.807) is 0 Å². The van der Waals surface area contributed by atoms with E-state index in [1.165, 1.54) is 0 Å². The number of carbonyl (C=O) groups excluding carboxylic acids is 4. The highest BCUT2D eigenvalue weighted by molar-refractivity contribution is 5.91. The monoisotopic (exact) mass is 363 g/mol. The van der Waals surface area contributed by atoms with Crippen molar-refractivity contribution in [2.45, 2.75) is 19.1 Å². The highest BCUT2D eigenvalue weighted by Crippen LogP contribution is 2.09. The second-order valence-electron chi connectivity index (χ2n) is 5.58. The van der Waals surface area contributed by atoms with Crippen molar-refractivity contribution in [3.05, 3.63) is 35.9 Å². The van der Waals surface area contributed by atoms with Crippen molar-refractivity contribution in [3.63, 3.8) is 0 Å². The molecule has 1 aliphatic heterocycles. The summed E-state index contributed by atoms with van der Waals surface area (Å²) in [6, 6.07) is 8.33. The number of amides is 4. The number of benzene rings is 1. The average Bonchev–Trinajstić information content (AvgIpc) is 3.13. The van der Waals surface area contributed by atoms with Crippen molar-refractivity contribution in [1.29, 1.82) is 0 Å². The molecule has 5 N–H and O–H groups in total. The summed E-state index contributed by atoms with van der Waals surface area (Å²) in [6.07, 6.45) is -0.356. The summed E-state index contributed by atoms with van der Waals surface area (Å²) in [5, 5.41) is 5.83. The third-order valence-electron chi connectivity index (χ3n) is 3.62. The zero-order chi connectivity index (χ0) is 18.9. The second-order valence-corrected chi connectivity index (χ2v) is 5.58. The molecule has 0 bridgehead atoms. The topological polar surface area (TPSA) is 143 Å². The average molecular weight is 363 g/mol. The van der Waals surface area contributed by atoms with E-state index in [0.29, 0.717) is 13.0 Å². The lowest BCUT2D eigenvalue weighted by Gasteiger charge is -2.23. The maximum absolute atomic E-state index is 12.2. The number of alkyl carbamates (subject to hydrolysis) is 1. The Kier molecular flexibility index (Phi) is 6.92. The molecular weight excluding hydrogens is 342 g/mol.